The normalized spacial score (nSPS) is 11.4. The fourth-order valence-corrected chi connectivity index (χ4v) is 0.228. The van der Waals surface area contributed by atoms with Crippen molar-refractivity contribution in [1.82, 2.24) is 0 Å². The molecular weight excluding hydrogens is 100 g/mol. The highest BCUT2D eigenvalue weighted by Crippen LogP contribution is 1.81. The molecule has 1 heteroatoms. The van der Waals surface area contributed by atoms with Gasteiger partial charge in [0.2, 0.25) is 0 Å². The van der Waals surface area contributed by atoms with Crippen LogP contribution in [-0.2, 0) is 0 Å². The van der Waals surface area contributed by atoms with Crippen molar-refractivity contribution >= 4 is 0 Å². The summed E-state index contributed by atoms with van der Waals surface area (Å²) in [6.07, 6.45) is -0.535. The van der Waals surface area contributed by atoms with Gasteiger partial charge in [-0.05, 0) is 19.4 Å². The molecule has 0 unspecified atom stereocenters. The van der Waals surface area contributed by atoms with Crippen molar-refractivity contribution in [3.63, 3.8) is 0 Å². The van der Waals surface area contributed by atoms with Crippen molar-refractivity contribution in [3.05, 3.63) is 12.2 Å². The van der Waals surface area contributed by atoms with Gasteiger partial charge in [0, 0.05) is 0 Å². The van der Waals surface area contributed by atoms with Crippen LogP contribution in [0.15, 0.2) is 12.2 Å². The van der Waals surface area contributed by atoms with Crippen molar-refractivity contribution < 1.29 is 5.11 Å². The standard InChI is InChI=1S/C7H10O/c1-6(2)4-5-7(3)8/h7-8H,1H2,2-3H3/t7-/m1/s1. The van der Waals surface area contributed by atoms with E-state index in [1.165, 1.54) is 0 Å². The number of allylic oxidation sites excluding steroid dienone is 1. The van der Waals surface area contributed by atoms with Crippen molar-refractivity contribution in [2.24, 2.45) is 0 Å². The molecule has 0 saturated heterocycles. The number of aliphatic hydroxyl groups is 1. The summed E-state index contributed by atoms with van der Waals surface area (Å²) < 4.78 is 0. The van der Waals surface area contributed by atoms with Crippen LogP contribution in [0.5, 0.6) is 0 Å². The lowest BCUT2D eigenvalue weighted by atomic mass is 10.3. The first kappa shape index (κ1) is 7.26. The Morgan fingerprint density at radius 2 is 2.25 bits per heavy atom. The van der Waals surface area contributed by atoms with E-state index in [9.17, 15) is 0 Å². The van der Waals surface area contributed by atoms with Crippen LogP contribution in [0.25, 0.3) is 0 Å². The second kappa shape index (κ2) is 3.29. The van der Waals surface area contributed by atoms with E-state index in [4.69, 9.17) is 5.11 Å². The number of hydrogen-bond donors (Lipinski definition) is 1. The molecule has 0 aromatic heterocycles. The van der Waals surface area contributed by atoms with Gasteiger partial charge in [0.15, 0.2) is 0 Å². The predicted octanol–water partition coefficient (Wildman–Crippen LogP) is 0.947. The molecular formula is C7H10O. The van der Waals surface area contributed by atoms with E-state index in [-0.39, 0.29) is 0 Å². The first-order valence-electron chi connectivity index (χ1n) is 2.48. The topological polar surface area (TPSA) is 20.2 Å². The van der Waals surface area contributed by atoms with Crippen LogP contribution in [0.2, 0.25) is 0 Å². The summed E-state index contributed by atoms with van der Waals surface area (Å²) in [5, 5.41) is 8.59. The molecule has 1 N–H and O–H groups in total. The zero-order valence-electron chi connectivity index (χ0n) is 5.23. The molecule has 0 fully saturated rings. The maximum absolute atomic E-state index is 8.59. The molecule has 0 radical (unpaired) electrons. The molecule has 0 aliphatic rings. The molecule has 0 aliphatic heterocycles. The third-order valence-corrected chi connectivity index (χ3v) is 0.494. The molecule has 0 rings (SSSR count). The fourth-order valence-electron chi connectivity index (χ4n) is 0.228. The quantitative estimate of drug-likeness (QED) is 0.460. The molecule has 0 aromatic rings. The Morgan fingerprint density at radius 1 is 1.75 bits per heavy atom. The van der Waals surface area contributed by atoms with Gasteiger partial charge < -0.3 is 5.11 Å². The Balaban J connectivity index is 3.68. The van der Waals surface area contributed by atoms with Crippen LogP contribution in [0, 0.1) is 11.8 Å². The van der Waals surface area contributed by atoms with Crippen LogP contribution in [-0.4, -0.2) is 11.2 Å². The van der Waals surface area contributed by atoms with E-state index in [0.29, 0.717) is 0 Å². The molecule has 0 aromatic carbocycles. The molecule has 1 nitrogen and oxygen atoms in total. The smallest absolute Gasteiger partial charge is 0.112 e. The van der Waals surface area contributed by atoms with Gasteiger partial charge in [0.1, 0.15) is 6.10 Å². The van der Waals surface area contributed by atoms with E-state index in [1.807, 2.05) is 0 Å². The number of aliphatic hydroxyl groups excluding tert-OH is 1. The molecule has 0 saturated carbocycles. The molecule has 0 spiro atoms. The molecule has 0 aliphatic carbocycles. The summed E-state index contributed by atoms with van der Waals surface area (Å²) >= 11 is 0. The van der Waals surface area contributed by atoms with Crippen molar-refractivity contribution in [3.8, 4) is 11.8 Å². The van der Waals surface area contributed by atoms with Crippen LogP contribution < -0.4 is 0 Å². The zero-order chi connectivity index (χ0) is 6.57. The van der Waals surface area contributed by atoms with E-state index in [2.05, 4.69) is 18.4 Å². The number of hydrogen-bond acceptors (Lipinski definition) is 1. The van der Waals surface area contributed by atoms with Gasteiger partial charge in [0.25, 0.3) is 0 Å². The Morgan fingerprint density at radius 3 is 2.38 bits per heavy atom. The lowest BCUT2D eigenvalue weighted by molar-refractivity contribution is 0.253. The largest absolute Gasteiger partial charge is 0.381 e. The van der Waals surface area contributed by atoms with Gasteiger partial charge >= 0.3 is 0 Å². The van der Waals surface area contributed by atoms with Gasteiger partial charge in [0.05, 0.1) is 0 Å². The highest BCUT2D eigenvalue weighted by molar-refractivity contribution is 5.24. The molecule has 0 bridgehead atoms. The minimum atomic E-state index is -0.535. The summed E-state index contributed by atoms with van der Waals surface area (Å²) in [7, 11) is 0. The number of rotatable bonds is 0. The van der Waals surface area contributed by atoms with Crippen LogP contribution in [0.3, 0.4) is 0 Å². The van der Waals surface area contributed by atoms with E-state index >= 15 is 0 Å². The molecule has 44 valence electrons. The molecule has 0 heterocycles. The monoisotopic (exact) mass is 110 g/mol. The van der Waals surface area contributed by atoms with Gasteiger partial charge in [-0.15, -0.1) is 0 Å². The van der Waals surface area contributed by atoms with E-state index in [0.717, 1.165) is 5.57 Å². The second-order valence-corrected chi connectivity index (χ2v) is 1.73. The van der Waals surface area contributed by atoms with Crippen molar-refractivity contribution in [1.29, 1.82) is 0 Å². The summed E-state index contributed by atoms with van der Waals surface area (Å²) in [4.78, 5) is 0. The predicted molar refractivity (Wildman–Crippen MR) is 34.3 cm³/mol. The van der Waals surface area contributed by atoms with Gasteiger partial charge in [-0.3, -0.25) is 0 Å². The first-order chi connectivity index (χ1) is 3.63. The van der Waals surface area contributed by atoms with Crippen molar-refractivity contribution in [2.45, 2.75) is 20.0 Å². The molecule has 1 atom stereocenters. The summed E-state index contributed by atoms with van der Waals surface area (Å²) in [6.45, 7) is 6.96. The lowest BCUT2D eigenvalue weighted by Crippen LogP contribution is -1.92. The lowest BCUT2D eigenvalue weighted by Gasteiger charge is -1.85. The summed E-state index contributed by atoms with van der Waals surface area (Å²) in [5.41, 5.74) is 0.783. The third kappa shape index (κ3) is 5.26. The van der Waals surface area contributed by atoms with Crippen LogP contribution >= 0.6 is 0 Å². The maximum atomic E-state index is 8.59. The highest BCUT2D eigenvalue weighted by Gasteiger charge is 1.80. The Labute approximate surface area is 50.0 Å². The van der Waals surface area contributed by atoms with E-state index in [1.54, 1.807) is 13.8 Å². The highest BCUT2D eigenvalue weighted by atomic mass is 16.3. The Hall–Kier alpha value is -0.740. The van der Waals surface area contributed by atoms with Crippen LogP contribution in [0.4, 0.5) is 0 Å². The van der Waals surface area contributed by atoms with Gasteiger partial charge in [-0.25, -0.2) is 0 Å². The third-order valence-electron chi connectivity index (χ3n) is 0.494. The Kier molecular flexibility index (Phi) is 2.98. The first-order valence-corrected chi connectivity index (χ1v) is 2.48. The average Bonchev–Trinajstić information content (AvgIpc) is 1.61. The maximum Gasteiger partial charge on any atom is 0.112 e. The summed E-state index contributed by atoms with van der Waals surface area (Å²) in [6, 6.07) is 0. The zero-order valence-corrected chi connectivity index (χ0v) is 5.23. The average molecular weight is 110 g/mol. The summed E-state index contributed by atoms with van der Waals surface area (Å²) in [5.74, 6) is 5.20. The fraction of sp³-hybridized carbons (Fsp3) is 0.429. The minimum Gasteiger partial charge on any atom is -0.381 e. The second-order valence-electron chi connectivity index (χ2n) is 1.73. The van der Waals surface area contributed by atoms with Crippen LogP contribution in [0.1, 0.15) is 13.8 Å². The molecule has 0 amide bonds. The minimum absolute atomic E-state index is 0.535. The van der Waals surface area contributed by atoms with Gasteiger partial charge in [-0.1, -0.05) is 18.4 Å². The Bertz CT molecular complexity index is 134. The SMILES string of the molecule is C=C(C)C#C[C@@H](C)O. The van der Waals surface area contributed by atoms with Gasteiger partial charge in [-0.2, -0.15) is 0 Å². The van der Waals surface area contributed by atoms with Crippen molar-refractivity contribution in [2.75, 3.05) is 0 Å². The molecule has 8 heavy (non-hydrogen) atoms. The van der Waals surface area contributed by atoms with E-state index < -0.39 is 6.10 Å².